The summed E-state index contributed by atoms with van der Waals surface area (Å²) in [6, 6.07) is 2.73. The van der Waals surface area contributed by atoms with Gasteiger partial charge in [0.05, 0.1) is 23.0 Å². The zero-order valence-electron chi connectivity index (χ0n) is 11.7. The van der Waals surface area contributed by atoms with E-state index in [2.05, 4.69) is 10.3 Å². The highest BCUT2D eigenvalue weighted by Gasteiger charge is 2.37. The van der Waals surface area contributed by atoms with Gasteiger partial charge in [-0.05, 0) is 30.3 Å². The smallest absolute Gasteiger partial charge is 0.308 e. The van der Waals surface area contributed by atoms with E-state index in [0.717, 1.165) is 0 Å². The molecule has 0 saturated heterocycles. The standard InChI is InChI=1S/C14H9F6N3O/c15-13(16,17)8-4-9(14(18,19)20)6-11(5-8)23-12(24)22-10-2-1-3-21-7-10/h1-7H,(H2,22,23,24). The summed E-state index contributed by atoms with van der Waals surface area (Å²) in [4.78, 5) is 15.4. The molecule has 0 aliphatic rings. The number of hydrogen-bond acceptors (Lipinski definition) is 2. The molecule has 2 aromatic rings. The molecule has 0 spiro atoms. The fraction of sp³-hybridized carbons (Fsp3) is 0.143. The maximum atomic E-state index is 12.7. The van der Waals surface area contributed by atoms with Crippen LogP contribution in [0.2, 0.25) is 0 Å². The van der Waals surface area contributed by atoms with Crippen molar-refractivity contribution in [3.8, 4) is 0 Å². The second kappa shape index (κ2) is 6.38. The molecule has 0 bridgehead atoms. The van der Waals surface area contributed by atoms with Gasteiger partial charge in [0, 0.05) is 11.9 Å². The first-order chi connectivity index (χ1) is 11.1. The fourth-order valence-corrected chi connectivity index (χ4v) is 1.76. The molecular formula is C14H9F6N3O. The van der Waals surface area contributed by atoms with Crippen molar-refractivity contribution in [2.45, 2.75) is 12.4 Å². The molecule has 2 N–H and O–H groups in total. The summed E-state index contributed by atoms with van der Waals surface area (Å²) in [5.41, 5.74) is -3.46. The Balaban J connectivity index is 2.27. The van der Waals surface area contributed by atoms with Crippen LogP contribution >= 0.6 is 0 Å². The predicted molar refractivity (Wildman–Crippen MR) is 73.3 cm³/mol. The zero-order chi connectivity index (χ0) is 18.0. The lowest BCUT2D eigenvalue weighted by Gasteiger charge is -2.15. The summed E-state index contributed by atoms with van der Waals surface area (Å²) in [6.45, 7) is 0. The number of carbonyl (C=O) groups is 1. The van der Waals surface area contributed by atoms with Crippen LogP contribution in [0.3, 0.4) is 0 Å². The number of benzene rings is 1. The Morgan fingerprint density at radius 3 is 1.88 bits per heavy atom. The van der Waals surface area contributed by atoms with Crippen LogP contribution in [0.15, 0.2) is 42.7 Å². The van der Waals surface area contributed by atoms with Gasteiger partial charge in [0.1, 0.15) is 0 Å². The molecule has 0 aliphatic heterocycles. The highest BCUT2D eigenvalue weighted by molar-refractivity contribution is 5.99. The summed E-state index contributed by atoms with van der Waals surface area (Å²) in [7, 11) is 0. The zero-order valence-corrected chi connectivity index (χ0v) is 11.7. The summed E-state index contributed by atoms with van der Waals surface area (Å²) < 4.78 is 76.3. The van der Waals surface area contributed by atoms with Gasteiger partial charge in [0.15, 0.2) is 0 Å². The lowest BCUT2D eigenvalue weighted by atomic mass is 10.1. The second-order valence-electron chi connectivity index (χ2n) is 4.62. The van der Waals surface area contributed by atoms with Crippen LogP contribution in [0.1, 0.15) is 11.1 Å². The number of rotatable bonds is 2. The highest BCUT2D eigenvalue weighted by atomic mass is 19.4. The summed E-state index contributed by atoms with van der Waals surface area (Å²) in [6.07, 6.45) is -7.30. The van der Waals surface area contributed by atoms with Gasteiger partial charge < -0.3 is 10.6 Å². The average molecular weight is 349 g/mol. The van der Waals surface area contributed by atoms with E-state index in [-0.39, 0.29) is 11.8 Å². The Morgan fingerprint density at radius 2 is 1.42 bits per heavy atom. The Morgan fingerprint density at radius 1 is 0.875 bits per heavy atom. The molecule has 4 nitrogen and oxygen atoms in total. The first-order valence-electron chi connectivity index (χ1n) is 6.33. The number of nitrogens with one attached hydrogen (secondary N) is 2. The van der Waals surface area contributed by atoms with Crippen LogP contribution in [-0.4, -0.2) is 11.0 Å². The van der Waals surface area contributed by atoms with Crippen LogP contribution < -0.4 is 10.6 Å². The van der Waals surface area contributed by atoms with Crippen molar-refractivity contribution < 1.29 is 31.1 Å². The van der Waals surface area contributed by atoms with Gasteiger partial charge in [-0.3, -0.25) is 4.98 Å². The number of urea groups is 1. The number of nitrogens with zero attached hydrogens (tertiary/aromatic N) is 1. The summed E-state index contributed by atoms with van der Waals surface area (Å²) in [5, 5.41) is 4.17. The maximum Gasteiger partial charge on any atom is 0.416 e. The first kappa shape index (κ1) is 17.6. The number of pyridine rings is 1. The minimum absolute atomic E-state index is 0.0236. The maximum absolute atomic E-state index is 12.7. The molecule has 1 heterocycles. The quantitative estimate of drug-likeness (QED) is 0.768. The highest BCUT2D eigenvalue weighted by Crippen LogP contribution is 2.37. The number of amides is 2. The molecule has 128 valence electrons. The molecule has 0 fully saturated rings. The van der Waals surface area contributed by atoms with E-state index in [1.807, 2.05) is 5.32 Å². The van der Waals surface area contributed by atoms with E-state index in [0.29, 0.717) is 12.1 Å². The van der Waals surface area contributed by atoms with Crippen molar-refractivity contribution in [1.29, 1.82) is 0 Å². The van der Waals surface area contributed by atoms with E-state index < -0.39 is 35.2 Å². The topological polar surface area (TPSA) is 54.0 Å². The van der Waals surface area contributed by atoms with Gasteiger partial charge >= 0.3 is 18.4 Å². The van der Waals surface area contributed by atoms with Crippen molar-refractivity contribution in [3.63, 3.8) is 0 Å². The second-order valence-corrected chi connectivity index (χ2v) is 4.62. The Hall–Kier alpha value is -2.78. The molecule has 2 amide bonds. The number of hydrogen-bond donors (Lipinski definition) is 2. The number of aromatic nitrogens is 1. The predicted octanol–water partition coefficient (Wildman–Crippen LogP) is 4.76. The molecular weight excluding hydrogens is 340 g/mol. The van der Waals surface area contributed by atoms with E-state index >= 15 is 0 Å². The molecule has 2 rings (SSSR count). The lowest BCUT2D eigenvalue weighted by molar-refractivity contribution is -0.143. The van der Waals surface area contributed by atoms with Crippen molar-refractivity contribution in [2.75, 3.05) is 10.6 Å². The van der Waals surface area contributed by atoms with Gasteiger partial charge in [-0.25, -0.2) is 4.79 Å². The molecule has 0 atom stereocenters. The molecule has 0 saturated carbocycles. The van der Waals surface area contributed by atoms with Crippen molar-refractivity contribution in [3.05, 3.63) is 53.9 Å². The normalized spacial score (nSPS) is 11.9. The van der Waals surface area contributed by atoms with Gasteiger partial charge in [0.2, 0.25) is 0 Å². The SMILES string of the molecule is O=C(Nc1cccnc1)Nc1cc(C(F)(F)F)cc(C(F)(F)F)c1. The van der Waals surface area contributed by atoms with E-state index in [1.54, 1.807) is 0 Å². The number of carbonyl (C=O) groups excluding carboxylic acids is 1. The Bertz CT molecular complexity index is 695. The average Bonchev–Trinajstić information content (AvgIpc) is 2.46. The van der Waals surface area contributed by atoms with Crippen molar-refractivity contribution in [1.82, 2.24) is 4.98 Å². The largest absolute Gasteiger partial charge is 0.416 e. The number of halogens is 6. The monoisotopic (exact) mass is 349 g/mol. The summed E-state index contributed by atoms with van der Waals surface area (Å²) in [5.74, 6) is 0. The van der Waals surface area contributed by atoms with Crippen LogP contribution in [0.25, 0.3) is 0 Å². The molecule has 10 heteroatoms. The van der Waals surface area contributed by atoms with Crippen molar-refractivity contribution in [2.24, 2.45) is 0 Å². The van der Waals surface area contributed by atoms with Gasteiger partial charge in [-0.1, -0.05) is 0 Å². The Labute approximate surface area is 131 Å². The number of alkyl halides is 6. The molecule has 1 aromatic carbocycles. The third-order valence-electron chi connectivity index (χ3n) is 2.76. The van der Waals surface area contributed by atoms with Gasteiger partial charge in [-0.15, -0.1) is 0 Å². The van der Waals surface area contributed by atoms with Crippen LogP contribution in [0.5, 0.6) is 0 Å². The number of anilines is 2. The molecule has 0 aliphatic carbocycles. The fourth-order valence-electron chi connectivity index (χ4n) is 1.76. The third kappa shape index (κ3) is 4.61. The lowest BCUT2D eigenvalue weighted by Crippen LogP contribution is -2.20. The third-order valence-corrected chi connectivity index (χ3v) is 2.76. The molecule has 24 heavy (non-hydrogen) atoms. The Kier molecular flexibility index (Phi) is 4.67. The van der Waals surface area contributed by atoms with Crippen LogP contribution in [0.4, 0.5) is 42.5 Å². The van der Waals surface area contributed by atoms with E-state index in [9.17, 15) is 31.1 Å². The minimum Gasteiger partial charge on any atom is -0.308 e. The van der Waals surface area contributed by atoms with Gasteiger partial charge in [0.25, 0.3) is 0 Å². The van der Waals surface area contributed by atoms with Crippen LogP contribution in [0, 0.1) is 0 Å². The van der Waals surface area contributed by atoms with E-state index in [1.165, 1.54) is 24.5 Å². The summed E-state index contributed by atoms with van der Waals surface area (Å²) >= 11 is 0. The molecule has 0 radical (unpaired) electrons. The van der Waals surface area contributed by atoms with Crippen molar-refractivity contribution >= 4 is 17.4 Å². The first-order valence-corrected chi connectivity index (χ1v) is 6.33. The van der Waals surface area contributed by atoms with Gasteiger partial charge in [-0.2, -0.15) is 26.3 Å². The van der Waals surface area contributed by atoms with Crippen LogP contribution in [-0.2, 0) is 12.4 Å². The van der Waals surface area contributed by atoms with E-state index in [4.69, 9.17) is 0 Å². The molecule has 1 aromatic heterocycles. The molecule has 0 unspecified atom stereocenters. The minimum atomic E-state index is -4.99.